The number of hydrogen-bond donors (Lipinski definition) is 1. The van der Waals surface area contributed by atoms with Crippen molar-refractivity contribution in [3.63, 3.8) is 0 Å². The fourth-order valence-corrected chi connectivity index (χ4v) is 3.46. The van der Waals surface area contributed by atoms with Gasteiger partial charge in [-0.2, -0.15) is 0 Å². The van der Waals surface area contributed by atoms with Crippen molar-refractivity contribution in [1.29, 1.82) is 0 Å². The minimum absolute atomic E-state index is 0.0304. The third-order valence-corrected chi connectivity index (χ3v) is 4.88. The standard InChI is InChI=1S/C20H19N3O6/c24-17-11-23(16-6-2-1-5-15(16)21-17)19(26)12-29-20(27)13-8-18(25)22(9-13)10-14-4-3-7-28-14/h1-7,13H,8-12H2,(H,21,24)/t13-/m0/s1. The van der Waals surface area contributed by atoms with E-state index in [1.807, 2.05) is 0 Å². The second kappa shape index (κ2) is 7.78. The molecule has 0 aliphatic carbocycles. The number of benzene rings is 1. The molecular weight excluding hydrogens is 378 g/mol. The lowest BCUT2D eigenvalue weighted by Crippen LogP contribution is -2.44. The Morgan fingerprint density at radius 1 is 1.17 bits per heavy atom. The number of nitrogens with zero attached hydrogens (tertiary/aromatic N) is 2. The molecule has 2 aromatic rings. The van der Waals surface area contributed by atoms with Crippen LogP contribution in [0.3, 0.4) is 0 Å². The lowest BCUT2D eigenvalue weighted by molar-refractivity contribution is -0.151. The van der Waals surface area contributed by atoms with Crippen LogP contribution in [0.5, 0.6) is 0 Å². The fourth-order valence-electron chi connectivity index (χ4n) is 3.46. The molecule has 0 saturated carbocycles. The molecule has 4 rings (SSSR count). The molecule has 3 amide bonds. The third-order valence-electron chi connectivity index (χ3n) is 4.88. The normalized spacial score (nSPS) is 18.4. The predicted octanol–water partition coefficient (Wildman–Crippen LogP) is 1.16. The van der Waals surface area contributed by atoms with Gasteiger partial charge in [-0.05, 0) is 24.3 Å². The summed E-state index contributed by atoms with van der Waals surface area (Å²) in [5, 5.41) is 2.69. The summed E-state index contributed by atoms with van der Waals surface area (Å²) in [6.45, 7) is -0.148. The van der Waals surface area contributed by atoms with Crippen LogP contribution in [-0.2, 0) is 30.5 Å². The minimum Gasteiger partial charge on any atom is -0.467 e. The van der Waals surface area contributed by atoms with E-state index in [0.717, 1.165) is 0 Å². The molecule has 0 spiro atoms. The Hall–Kier alpha value is -3.62. The summed E-state index contributed by atoms with van der Waals surface area (Å²) in [6, 6.07) is 10.4. The predicted molar refractivity (Wildman–Crippen MR) is 101 cm³/mol. The highest BCUT2D eigenvalue weighted by Crippen LogP contribution is 2.29. The SMILES string of the molecule is O=C1CN(C(=O)COC(=O)[C@H]2CC(=O)N(Cc3ccco3)C2)c2ccccc2N1. The van der Waals surface area contributed by atoms with Crippen molar-refractivity contribution in [2.75, 3.05) is 29.9 Å². The molecule has 3 heterocycles. The molecule has 1 saturated heterocycles. The van der Waals surface area contributed by atoms with Crippen LogP contribution >= 0.6 is 0 Å². The smallest absolute Gasteiger partial charge is 0.311 e. The van der Waals surface area contributed by atoms with Gasteiger partial charge >= 0.3 is 5.97 Å². The molecule has 9 nitrogen and oxygen atoms in total. The van der Waals surface area contributed by atoms with Crippen LogP contribution in [0.25, 0.3) is 0 Å². The zero-order valence-electron chi connectivity index (χ0n) is 15.5. The molecule has 0 bridgehead atoms. The third kappa shape index (κ3) is 3.98. The Kier molecular flexibility index (Phi) is 5.03. The maximum absolute atomic E-state index is 12.5. The van der Waals surface area contributed by atoms with Gasteiger partial charge in [0.2, 0.25) is 11.8 Å². The van der Waals surface area contributed by atoms with E-state index >= 15 is 0 Å². The second-order valence-corrected chi connectivity index (χ2v) is 6.91. The van der Waals surface area contributed by atoms with Gasteiger partial charge in [0, 0.05) is 13.0 Å². The first-order valence-electron chi connectivity index (χ1n) is 9.17. The topological polar surface area (TPSA) is 109 Å². The number of para-hydroxylation sites is 2. The van der Waals surface area contributed by atoms with Crippen LogP contribution in [0.4, 0.5) is 11.4 Å². The van der Waals surface area contributed by atoms with Crippen molar-refractivity contribution in [2.24, 2.45) is 5.92 Å². The van der Waals surface area contributed by atoms with Crippen molar-refractivity contribution < 1.29 is 28.3 Å². The summed E-state index contributed by atoms with van der Waals surface area (Å²) in [6.07, 6.45) is 1.55. The summed E-state index contributed by atoms with van der Waals surface area (Å²) in [7, 11) is 0. The molecule has 150 valence electrons. The van der Waals surface area contributed by atoms with Gasteiger partial charge in [0.1, 0.15) is 12.3 Å². The molecule has 1 aromatic heterocycles. The first-order valence-corrected chi connectivity index (χ1v) is 9.17. The molecule has 29 heavy (non-hydrogen) atoms. The number of fused-ring (bicyclic) bond motifs is 1. The van der Waals surface area contributed by atoms with Crippen LogP contribution in [-0.4, -0.2) is 48.3 Å². The number of rotatable bonds is 5. The lowest BCUT2D eigenvalue weighted by Gasteiger charge is -2.29. The molecule has 1 aromatic carbocycles. The summed E-state index contributed by atoms with van der Waals surface area (Å²) < 4.78 is 10.4. The second-order valence-electron chi connectivity index (χ2n) is 6.91. The number of esters is 1. The number of carbonyl (C=O) groups excluding carboxylic acids is 4. The van der Waals surface area contributed by atoms with E-state index in [1.165, 1.54) is 16.1 Å². The summed E-state index contributed by atoms with van der Waals surface area (Å²) in [5.41, 5.74) is 1.08. The van der Waals surface area contributed by atoms with E-state index in [1.54, 1.807) is 36.4 Å². The number of ether oxygens (including phenoxy) is 1. The zero-order valence-corrected chi connectivity index (χ0v) is 15.5. The van der Waals surface area contributed by atoms with Crippen molar-refractivity contribution in [3.05, 3.63) is 48.4 Å². The molecule has 1 N–H and O–H groups in total. The van der Waals surface area contributed by atoms with Gasteiger partial charge in [0.25, 0.3) is 5.91 Å². The number of furan rings is 1. The molecule has 2 aliphatic heterocycles. The van der Waals surface area contributed by atoms with Gasteiger partial charge in [-0.3, -0.25) is 24.1 Å². The zero-order chi connectivity index (χ0) is 20.4. The molecule has 9 heteroatoms. The lowest BCUT2D eigenvalue weighted by atomic mass is 10.1. The molecule has 1 fully saturated rings. The Balaban J connectivity index is 1.33. The Labute approximate surface area is 166 Å². The Bertz CT molecular complexity index is 955. The monoisotopic (exact) mass is 397 g/mol. The van der Waals surface area contributed by atoms with Crippen LogP contribution < -0.4 is 10.2 Å². The fraction of sp³-hybridized carbons (Fsp3) is 0.300. The van der Waals surface area contributed by atoms with Gasteiger partial charge in [-0.1, -0.05) is 12.1 Å². The van der Waals surface area contributed by atoms with E-state index in [-0.39, 0.29) is 37.9 Å². The minimum atomic E-state index is -0.637. The molecule has 1 atom stereocenters. The van der Waals surface area contributed by atoms with E-state index in [4.69, 9.17) is 9.15 Å². The number of hydrogen-bond acceptors (Lipinski definition) is 6. The summed E-state index contributed by atoms with van der Waals surface area (Å²) >= 11 is 0. The highest BCUT2D eigenvalue weighted by atomic mass is 16.5. The highest BCUT2D eigenvalue weighted by Gasteiger charge is 2.36. The summed E-state index contributed by atoms with van der Waals surface area (Å²) in [4.78, 5) is 51.7. The van der Waals surface area contributed by atoms with Crippen LogP contribution in [0.1, 0.15) is 12.2 Å². The van der Waals surface area contributed by atoms with Crippen molar-refractivity contribution in [3.8, 4) is 0 Å². The van der Waals surface area contributed by atoms with E-state index < -0.39 is 24.4 Å². The van der Waals surface area contributed by atoms with Crippen LogP contribution in [0.15, 0.2) is 47.1 Å². The van der Waals surface area contributed by atoms with Crippen molar-refractivity contribution >= 4 is 35.1 Å². The van der Waals surface area contributed by atoms with E-state index in [0.29, 0.717) is 17.1 Å². The van der Waals surface area contributed by atoms with Crippen molar-refractivity contribution in [1.82, 2.24) is 4.90 Å². The maximum atomic E-state index is 12.5. The highest BCUT2D eigenvalue weighted by molar-refractivity contribution is 6.10. The van der Waals surface area contributed by atoms with Gasteiger partial charge in [0.05, 0.1) is 30.1 Å². The number of carbonyl (C=O) groups is 4. The molecule has 2 aliphatic rings. The number of nitrogens with one attached hydrogen (secondary N) is 1. The van der Waals surface area contributed by atoms with Gasteiger partial charge in [0.15, 0.2) is 6.61 Å². The average molecular weight is 397 g/mol. The number of anilines is 2. The van der Waals surface area contributed by atoms with E-state index in [2.05, 4.69) is 5.32 Å². The van der Waals surface area contributed by atoms with E-state index in [9.17, 15) is 19.2 Å². The quantitative estimate of drug-likeness (QED) is 0.759. The average Bonchev–Trinajstić information content (AvgIpc) is 3.35. The van der Waals surface area contributed by atoms with Crippen LogP contribution in [0.2, 0.25) is 0 Å². The molecular formula is C20H19N3O6. The van der Waals surface area contributed by atoms with Gasteiger partial charge < -0.3 is 19.4 Å². The van der Waals surface area contributed by atoms with Crippen LogP contribution in [0, 0.1) is 5.92 Å². The first kappa shape index (κ1) is 18.7. The number of amides is 3. The molecule has 0 radical (unpaired) electrons. The van der Waals surface area contributed by atoms with Gasteiger partial charge in [-0.25, -0.2) is 0 Å². The van der Waals surface area contributed by atoms with Gasteiger partial charge in [-0.15, -0.1) is 0 Å². The van der Waals surface area contributed by atoms with Crippen molar-refractivity contribution in [2.45, 2.75) is 13.0 Å². The number of likely N-dealkylation sites (tertiary alicyclic amines) is 1. The Morgan fingerprint density at radius 3 is 2.79 bits per heavy atom. The molecule has 0 unspecified atom stereocenters. The Morgan fingerprint density at radius 2 is 2.00 bits per heavy atom. The first-order chi connectivity index (χ1) is 14.0. The largest absolute Gasteiger partial charge is 0.467 e. The maximum Gasteiger partial charge on any atom is 0.311 e. The summed E-state index contributed by atoms with van der Waals surface area (Å²) in [5.74, 6) is -1.61.